The number of ether oxygens (including phenoxy) is 4. The Bertz CT molecular complexity index is 1350. The number of carbonyl (C=O) groups excluding carboxylic acids is 1. The summed E-state index contributed by atoms with van der Waals surface area (Å²) in [6.45, 7) is 4.20. The summed E-state index contributed by atoms with van der Waals surface area (Å²) in [5.74, 6) is 3.51. The number of benzene rings is 2. The number of rotatable bonds is 6. The maximum absolute atomic E-state index is 13.6. The quantitative estimate of drug-likeness (QED) is 0.534. The Morgan fingerprint density at radius 3 is 2.33 bits per heavy atom. The molecule has 0 saturated carbocycles. The lowest BCUT2D eigenvalue weighted by Gasteiger charge is -2.38. The number of nitrogens with one attached hydrogen (secondary N) is 1. The number of fused-ring (bicyclic) bond motifs is 1. The van der Waals surface area contributed by atoms with Gasteiger partial charge in [-0.2, -0.15) is 4.98 Å². The highest BCUT2D eigenvalue weighted by atomic mass is 16.5. The fourth-order valence-electron chi connectivity index (χ4n) is 5.08. The van der Waals surface area contributed by atoms with Gasteiger partial charge < -0.3 is 24.3 Å². The lowest BCUT2D eigenvalue weighted by Crippen LogP contribution is -2.36. The number of ketones is 1. The van der Waals surface area contributed by atoms with Crippen LogP contribution in [0.3, 0.4) is 0 Å². The molecule has 1 N–H and O–H groups in total. The molecule has 0 radical (unpaired) electrons. The van der Waals surface area contributed by atoms with Crippen molar-refractivity contribution in [1.82, 2.24) is 14.8 Å². The van der Waals surface area contributed by atoms with Crippen molar-refractivity contribution in [2.45, 2.75) is 32.7 Å². The molecule has 9 nitrogen and oxygen atoms in total. The largest absolute Gasteiger partial charge is 0.497 e. The van der Waals surface area contributed by atoms with Crippen LogP contribution >= 0.6 is 0 Å². The normalized spacial score (nSPS) is 18.2. The van der Waals surface area contributed by atoms with Gasteiger partial charge in [-0.05, 0) is 30.0 Å². The maximum atomic E-state index is 13.6. The van der Waals surface area contributed by atoms with Crippen molar-refractivity contribution >= 4 is 11.7 Å². The van der Waals surface area contributed by atoms with Gasteiger partial charge in [0.25, 0.3) is 0 Å². The molecule has 2 aliphatic rings. The highest BCUT2D eigenvalue weighted by molar-refractivity contribution is 6.00. The number of hydrogen-bond donors (Lipinski definition) is 1. The standard InChI is InChI=1S/C27H30N4O5/c1-27(2)13-19-22(20(32)14-27)23(18-8-7-9-21(35-5)24(18)36-6)31-26(28-19)29-25(30-31)15-10-16(33-3)12-17(11-15)34-4/h7-12,23H,13-14H2,1-6H3,(H,28,29,30). The van der Waals surface area contributed by atoms with Gasteiger partial charge >= 0.3 is 0 Å². The molecule has 0 spiro atoms. The smallest absolute Gasteiger partial charge is 0.226 e. The molecule has 1 unspecified atom stereocenters. The van der Waals surface area contributed by atoms with E-state index in [2.05, 4.69) is 19.2 Å². The van der Waals surface area contributed by atoms with Gasteiger partial charge in [0, 0.05) is 34.9 Å². The van der Waals surface area contributed by atoms with Gasteiger partial charge in [-0.25, -0.2) is 4.68 Å². The second-order valence-corrected chi connectivity index (χ2v) is 9.75. The second kappa shape index (κ2) is 8.89. The van der Waals surface area contributed by atoms with Crippen LogP contribution in [0.4, 0.5) is 5.95 Å². The Morgan fingerprint density at radius 1 is 0.972 bits per heavy atom. The summed E-state index contributed by atoms with van der Waals surface area (Å²) in [5, 5.41) is 8.28. The fraction of sp³-hybridized carbons (Fsp3) is 0.370. The number of Topliss-reactive ketones (excluding diaryl/α,β-unsaturated/α-hetero) is 1. The topological polar surface area (TPSA) is 96.7 Å². The van der Waals surface area contributed by atoms with Gasteiger partial charge in [0.05, 0.1) is 28.4 Å². The summed E-state index contributed by atoms with van der Waals surface area (Å²) in [6, 6.07) is 10.6. The van der Waals surface area contributed by atoms with Crippen LogP contribution in [0.5, 0.6) is 23.0 Å². The van der Waals surface area contributed by atoms with E-state index in [-0.39, 0.29) is 11.2 Å². The number of allylic oxidation sites excluding steroid dienone is 2. The molecule has 36 heavy (non-hydrogen) atoms. The maximum Gasteiger partial charge on any atom is 0.226 e. The zero-order chi connectivity index (χ0) is 25.6. The van der Waals surface area contributed by atoms with Gasteiger partial charge in [0.15, 0.2) is 23.1 Å². The third-order valence-electron chi connectivity index (χ3n) is 6.67. The van der Waals surface area contributed by atoms with Crippen LogP contribution in [0, 0.1) is 5.41 Å². The van der Waals surface area contributed by atoms with Crippen molar-refractivity contribution in [2.75, 3.05) is 33.8 Å². The van der Waals surface area contributed by atoms with Crippen molar-refractivity contribution < 1.29 is 23.7 Å². The van der Waals surface area contributed by atoms with Gasteiger partial charge in [-0.3, -0.25) is 4.79 Å². The number of anilines is 1. The molecule has 1 aromatic heterocycles. The molecule has 188 valence electrons. The first-order chi connectivity index (χ1) is 17.3. The minimum absolute atomic E-state index is 0.0781. The van der Waals surface area contributed by atoms with E-state index in [1.807, 2.05) is 30.3 Å². The van der Waals surface area contributed by atoms with Crippen molar-refractivity contribution in [3.05, 3.63) is 53.2 Å². The minimum Gasteiger partial charge on any atom is -0.497 e. The number of aromatic nitrogens is 3. The second-order valence-electron chi connectivity index (χ2n) is 9.75. The fourth-order valence-corrected chi connectivity index (χ4v) is 5.08. The Labute approximate surface area is 210 Å². The highest BCUT2D eigenvalue weighted by Gasteiger charge is 2.43. The zero-order valence-corrected chi connectivity index (χ0v) is 21.3. The van der Waals surface area contributed by atoms with Crippen molar-refractivity contribution in [1.29, 1.82) is 0 Å². The molecule has 9 heteroatoms. The van der Waals surface area contributed by atoms with E-state index < -0.39 is 6.04 Å². The molecular weight excluding hydrogens is 460 g/mol. The summed E-state index contributed by atoms with van der Waals surface area (Å²) in [7, 11) is 6.39. The molecule has 2 aromatic carbocycles. The van der Waals surface area contributed by atoms with E-state index in [9.17, 15) is 4.79 Å². The van der Waals surface area contributed by atoms with Crippen LogP contribution in [0.1, 0.15) is 38.3 Å². The number of nitrogens with zero attached hydrogens (tertiary/aromatic N) is 3. The molecule has 5 rings (SSSR count). The first kappa shape index (κ1) is 23.7. The van der Waals surface area contributed by atoms with E-state index in [0.29, 0.717) is 53.2 Å². The predicted molar refractivity (Wildman–Crippen MR) is 135 cm³/mol. The van der Waals surface area contributed by atoms with Crippen molar-refractivity contribution in [3.8, 4) is 34.4 Å². The van der Waals surface area contributed by atoms with Crippen LogP contribution < -0.4 is 24.3 Å². The predicted octanol–water partition coefficient (Wildman–Crippen LogP) is 4.64. The summed E-state index contributed by atoms with van der Waals surface area (Å²) < 4.78 is 24.0. The summed E-state index contributed by atoms with van der Waals surface area (Å²) in [4.78, 5) is 18.4. The van der Waals surface area contributed by atoms with Crippen LogP contribution in [-0.2, 0) is 4.79 Å². The van der Waals surface area contributed by atoms with Gasteiger partial charge in [-0.15, -0.1) is 5.10 Å². The summed E-state index contributed by atoms with van der Waals surface area (Å²) in [5.41, 5.74) is 2.88. The number of para-hydroxylation sites is 1. The van der Waals surface area contributed by atoms with Gasteiger partial charge in [-0.1, -0.05) is 26.0 Å². The minimum atomic E-state index is -0.529. The SMILES string of the molecule is COc1cc(OC)cc(-c2nc3n(n2)C(c2cccc(OC)c2OC)C2=C(CC(C)(C)CC2=O)N3)c1. The lowest BCUT2D eigenvalue weighted by atomic mass is 9.73. The van der Waals surface area contributed by atoms with Crippen molar-refractivity contribution in [3.63, 3.8) is 0 Å². The summed E-state index contributed by atoms with van der Waals surface area (Å²) in [6.07, 6.45) is 1.16. The molecule has 2 heterocycles. The Balaban J connectivity index is 1.72. The van der Waals surface area contributed by atoms with Crippen LogP contribution in [0.25, 0.3) is 11.4 Å². The Morgan fingerprint density at radius 2 is 1.69 bits per heavy atom. The van der Waals surface area contributed by atoms with E-state index in [1.165, 1.54) is 0 Å². The molecule has 1 atom stereocenters. The third-order valence-corrected chi connectivity index (χ3v) is 6.67. The first-order valence-corrected chi connectivity index (χ1v) is 11.7. The summed E-state index contributed by atoms with van der Waals surface area (Å²) >= 11 is 0. The molecule has 3 aromatic rings. The monoisotopic (exact) mass is 490 g/mol. The number of methoxy groups -OCH3 is 4. The van der Waals surface area contributed by atoms with Crippen LogP contribution in [0.15, 0.2) is 47.7 Å². The van der Waals surface area contributed by atoms with Crippen molar-refractivity contribution in [2.24, 2.45) is 5.41 Å². The number of hydrogen-bond acceptors (Lipinski definition) is 8. The van der Waals surface area contributed by atoms with Crippen LogP contribution in [-0.4, -0.2) is 49.0 Å². The molecule has 0 bridgehead atoms. The molecule has 0 amide bonds. The Hall–Kier alpha value is -4.01. The van der Waals surface area contributed by atoms with E-state index in [1.54, 1.807) is 39.2 Å². The average Bonchev–Trinajstić information content (AvgIpc) is 3.29. The number of carbonyl (C=O) groups is 1. The van der Waals surface area contributed by atoms with Gasteiger partial charge in [0.2, 0.25) is 5.95 Å². The molecule has 1 aliphatic heterocycles. The van der Waals surface area contributed by atoms with E-state index in [4.69, 9.17) is 29.0 Å². The van der Waals surface area contributed by atoms with Crippen LogP contribution in [0.2, 0.25) is 0 Å². The highest BCUT2D eigenvalue weighted by Crippen LogP contribution is 2.48. The molecule has 0 saturated heterocycles. The molecular formula is C27H30N4O5. The average molecular weight is 491 g/mol. The molecule has 1 aliphatic carbocycles. The van der Waals surface area contributed by atoms with Gasteiger partial charge in [0.1, 0.15) is 17.5 Å². The lowest BCUT2D eigenvalue weighted by molar-refractivity contribution is -0.118. The molecule has 0 fully saturated rings. The van der Waals surface area contributed by atoms with E-state index >= 15 is 0 Å². The van der Waals surface area contributed by atoms with E-state index in [0.717, 1.165) is 16.8 Å². The third kappa shape index (κ3) is 3.94. The zero-order valence-electron chi connectivity index (χ0n) is 21.3. The first-order valence-electron chi connectivity index (χ1n) is 11.7. The Kier molecular flexibility index (Phi) is 5.86.